The number of amides is 2. The van der Waals surface area contributed by atoms with Gasteiger partial charge in [0.1, 0.15) is 0 Å². The Bertz CT molecular complexity index is 1060. The topological polar surface area (TPSA) is 67.2 Å². The Balaban J connectivity index is 1.42. The normalized spacial score (nSPS) is 17.5. The molecule has 2 aromatic carbocycles. The number of nitrogens with zero attached hydrogens (tertiary/aromatic N) is 3. The first-order chi connectivity index (χ1) is 15.5. The van der Waals surface area contributed by atoms with Crippen molar-refractivity contribution in [2.24, 2.45) is 11.8 Å². The molecule has 2 amide bonds. The number of aromatic nitrogens is 2. The highest BCUT2D eigenvalue weighted by Crippen LogP contribution is 2.22. The molecule has 32 heavy (non-hydrogen) atoms. The molecule has 0 bridgehead atoms. The van der Waals surface area contributed by atoms with Crippen LogP contribution in [-0.4, -0.2) is 46.1 Å². The molecule has 1 saturated heterocycles. The largest absolute Gasteiger partial charge is 0.354 e. The van der Waals surface area contributed by atoms with E-state index in [9.17, 15) is 9.59 Å². The Hall–Kier alpha value is -3.41. The van der Waals surface area contributed by atoms with E-state index in [1.165, 1.54) is 11.1 Å². The highest BCUT2D eigenvalue weighted by molar-refractivity contribution is 5.83. The van der Waals surface area contributed by atoms with Crippen molar-refractivity contribution in [3.05, 3.63) is 78.1 Å². The van der Waals surface area contributed by atoms with E-state index in [2.05, 4.69) is 65.9 Å². The first kappa shape index (κ1) is 21.8. The second-order valence-electron chi connectivity index (χ2n) is 8.67. The summed E-state index contributed by atoms with van der Waals surface area (Å²) in [7, 11) is 0. The first-order valence-corrected chi connectivity index (χ1v) is 11.2. The van der Waals surface area contributed by atoms with Crippen molar-refractivity contribution in [2.45, 2.75) is 26.8 Å². The smallest absolute Gasteiger partial charge is 0.227 e. The summed E-state index contributed by atoms with van der Waals surface area (Å²) in [5.74, 6) is -0.375. The molecular formula is C26H30N4O2. The third-order valence-corrected chi connectivity index (χ3v) is 6.03. The molecule has 2 unspecified atom stereocenters. The van der Waals surface area contributed by atoms with Crippen LogP contribution in [0.3, 0.4) is 0 Å². The molecule has 0 radical (unpaired) electrons. The summed E-state index contributed by atoms with van der Waals surface area (Å²) in [6.07, 6.45) is 4.18. The van der Waals surface area contributed by atoms with Gasteiger partial charge >= 0.3 is 0 Å². The van der Waals surface area contributed by atoms with Gasteiger partial charge in [0, 0.05) is 32.0 Å². The van der Waals surface area contributed by atoms with Gasteiger partial charge in [-0.05, 0) is 36.1 Å². The van der Waals surface area contributed by atoms with Crippen LogP contribution in [0.2, 0.25) is 0 Å². The molecule has 1 fully saturated rings. The minimum Gasteiger partial charge on any atom is -0.354 e. The maximum absolute atomic E-state index is 13.1. The predicted molar refractivity (Wildman–Crippen MR) is 125 cm³/mol. The molecule has 1 aromatic heterocycles. The van der Waals surface area contributed by atoms with Gasteiger partial charge in [0.25, 0.3) is 0 Å². The number of carbonyl (C=O) groups is 2. The number of nitrogens with one attached hydrogen (secondary N) is 1. The van der Waals surface area contributed by atoms with Gasteiger partial charge in [0.15, 0.2) is 0 Å². The number of aryl methyl sites for hydroxylation is 1. The lowest BCUT2D eigenvalue weighted by Crippen LogP contribution is -2.41. The fraction of sp³-hybridized carbons (Fsp3) is 0.346. The van der Waals surface area contributed by atoms with Crippen LogP contribution in [0.1, 0.15) is 18.1 Å². The van der Waals surface area contributed by atoms with Crippen molar-refractivity contribution in [1.82, 2.24) is 20.0 Å². The quantitative estimate of drug-likeness (QED) is 0.652. The monoisotopic (exact) mass is 430 g/mol. The lowest BCUT2D eigenvalue weighted by atomic mass is 9.95. The van der Waals surface area contributed by atoms with E-state index < -0.39 is 0 Å². The molecule has 0 saturated carbocycles. The minimum atomic E-state index is -0.261. The maximum Gasteiger partial charge on any atom is 0.227 e. The van der Waals surface area contributed by atoms with Gasteiger partial charge in [0.2, 0.25) is 11.8 Å². The van der Waals surface area contributed by atoms with Gasteiger partial charge in [-0.3, -0.25) is 14.3 Å². The fourth-order valence-corrected chi connectivity index (χ4v) is 4.28. The number of carbonyl (C=O) groups excluding carboxylic acids is 2. The van der Waals surface area contributed by atoms with Gasteiger partial charge in [0.05, 0.1) is 18.4 Å². The highest BCUT2D eigenvalue weighted by Gasteiger charge is 2.30. The molecule has 3 aromatic rings. The molecule has 0 spiro atoms. The Morgan fingerprint density at radius 3 is 2.69 bits per heavy atom. The van der Waals surface area contributed by atoms with Gasteiger partial charge in [-0.2, -0.15) is 5.10 Å². The standard InChI is InChI=1S/C26H30N4O2/c1-19-5-3-6-23(15-19)22-9-7-21(8-10-22)16-24-18-29(14-12-27-25(24)31)26(32)20(2)17-30-13-4-11-28-30/h3-11,13,15,20,24H,12,14,16-18H2,1-2H3,(H,27,31). The Kier molecular flexibility index (Phi) is 6.69. The Labute approximate surface area is 189 Å². The van der Waals surface area contributed by atoms with Crippen molar-refractivity contribution >= 4 is 11.8 Å². The molecule has 166 valence electrons. The summed E-state index contributed by atoms with van der Waals surface area (Å²) in [4.78, 5) is 27.6. The number of hydrogen-bond acceptors (Lipinski definition) is 3. The van der Waals surface area contributed by atoms with E-state index in [0.717, 1.165) is 11.1 Å². The molecule has 1 aliphatic rings. The fourth-order valence-electron chi connectivity index (χ4n) is 4.28. The zero-order valence-corrected chi connectivity index (χ0v) is 18.7. The summed E-state index contributed by atoms with van der Waals surface area (Å²) in [6.45, 7) is 6.01. The van der Waals surface area contributed by atoms with Crippen molar-refractivity contribution < 1.29 is 9.59 Å². The lowest BCUT2D eigenvalue weighted by molar-refractivity contribution is -0.136. The van der Waals surface area contributed by atoms with Crippen LogP contribution in [0, 0.1) is 18.8 Å². The van der Waals surface area contributed by atoms with Crippen molar-refractivity contribution in [2.75, 3.05) is 19.6 Å². The van der Waals surface area contributed by atoms with Crippen LogP contribution in [0.4, 0.5) is 0 Å². The van der Waals surface area contributed by atoms with Gasteiger partial charge < -0.3 is 10.2 Å². The van der Waals surface area contributed by atoms with E-state index >= 15 is 0 Å². The van der Waals surface area contributed by atoms with E-state index in [-0.39, 0.29) is 23.7 Å². The van der Waals surface area contributed by atoms with E-state index in [4.69, 9.17) is 0 Å². The number of benzene rings is 2. The molecule has 4 rings (SSSR count). The summed E-state index contributed by atoms with van der Waals surface area (Å²) >= 11 is 0. The van der Waals surface area contributed by atoms with Crippen molar-refractivity contribution in [3.8, 4) is 11.1 Å². The minimum absolute atomic E-state index is 0.0165. The summed E-state index contributed by atoms with van der Waals surface area (Å²) in [5.41, 5.74) is 4.67. The van der Waals surface area contributed by atoms with Crippen LogP contribution in [0.15, 0.2) is 67.0 Å². The number of hydrogen-bond donors (Lipinski definition) is 1. The lowest BCUT2D eigenvalue weighted by Gasteiger charge is -2.26. The zero-order chi connectivity index (χ0) is 22.5. The average molecular weight is 431 g/mol. The molecule has 6 nitrogen and oxygen atoms in total. The zero-order valence-electron chi connectivity index (χ0n) is 18.7. The molecule has 6 heteroatoms. The molecule has 0 aliphatic carbocycles. The Morgan fingerprint density at radius 1 is 1.16 bits per heavy atom. The molecule has 2 atom stereocenters. The van der Waals surface area contributed by atoms with Crippen LogP contribution >= 0.6 is 0 Å². The van der Waals surface area contributed by atoms with Crippen LogP contribution < -0.4 is 5.32 Å². The Morgan fingerprint density at radius 2 is 1.97 bits per heavy atom. The van der Waals surface area contributed by atoms with E-state index in [1.54, 1.807) is 10.9 Å². The van der Waals surface area contributed by atoms with Gasteiger partial charge in [-0.15, -0.1) is 0 Å². The maximum atomic E-state index is 13.1. The number of rotatable bonds is 6. The van der Waals surface area contributed by atoms with Gasteiger partial charge in [-0.25, -0.2) is 0 Å². The van der Waals surface area contributed by atoms with Crippen molar-refractivity contribution in [3.63, 3.8) is 0 Å². The molecule has 1 N–H and O–H groups in total. The van der Waals surface area contributed by atoms with E-state index in [0.29, 0.717) is 32.6 Å². The highest BCUT2D eigenvalue weighted by atomic mass is 16.2. The summed E-state index contributed by atoms with van der Waals surface area (Å²) in [6, 6.07) is 18.7. The molecular weight excluding hydrogens is 400 g/mol. The first-order valence-electron chi connectivity index (χ1n) is 11.2. The predicted octanol–water partition coefficient (Wildman–Crippen LogP) is 3.31. The van der Waals surface area contributed by atoms with Crippen LogP contribution in [0.25, 0.3) is 11.1 Å². The van der Waals surface area contributed by atoms with Gasteiger partial charge in [-0.1, -0.05) is 61.0 Å². The van der Waals surface area contributed by atoms with Crippen molar-refractivity contribution in [1.29, 1.82) is 0 Å². The van der Waals surface area contributed by atoms with E-state index in [1.807, 2.05) is 24.1 Å². The summed E-state index contributed by atoms with van der Waals surface area (Å²) < 4.78 is 1.77. The van der Waals surface area contributed by atoms with Crippen LogP contribution in [-0.2, 0) is 22.6 Å². The second-order valence-corrected chi connectivity index (χ2v) is 8.67. The third-order valence-electron chi connectivity index (χ3n) is 6.03. The third kappa shape index (κ3) is 5.25. The second kappa shape index (κ2) is 9.81. The average Bonchev–Trinajstić information content (AvgIpc) is 3.23. The summed E-state index contributed by atoms with van der Waals surface area (Å²) in [5, 5.41) is 7.18. The SMILES string of the molecule is Cc1cccc(-c2ccc(CC3CN(C(=O)C(C)Cn4cccn4)CCNC3=O)cc2)c1. The van der Waals surface area contributed by atoms with Crippen LogP contribution in [0.5, 0.6) is 0 Å². The molecule has 2 heterocycles. The molecule has 1 aliphatic heterocycles.